The highest BCUT2D eigenvalue weighted by atomic mass is 35.5. The Bertz CT molecular complexity index is 519. The maximum atomic E-state index is 12.0. The molecular formula is C12H10ClNO2. The second-order valence-electron chi connectivity index (χ2n) is 3.28. The lowest BCUT2D eigenvalue weighted by molar-refractivity contribution is 0.101. The molecule has 0 fully saturated rings. The minimum absolute atomic E-state index is 0.231. The first kappa shape index (κ1) is 10.9. The zero-order valence-electron chi connectivity index (χ0n) is 8.44. The minimum Gasteiger partial charge on any atom is -0.456 e. The van der Waals surface area contributed by atoms with E-state index in [1.807, 2.05) is 0 Å². The molecule has 2 aromatic rings. The Labute approximate surface area is 97.8 Å². The van der Waals surface area contributed by atoms with Crippen molar-refractivity contribution in [1.29, 1.82) is 0 Å². The molecule has 0 aliphatic heterocycles. The summed E-state index contributed by atoms with van der Waals surface area (Å²) in [5.74, 6) is 0.606. The standard InChI is InChI=1S/C12H10ClNO2/c13-10-4-2-1-3-9(10)12(15)11-6-5-8(7-14)16-11/h1-6H,7,14H2. The van der Waals surface area contributed by atoms with E-state index in [0.29, 0.717) is 16.3 Å². The van der Waals surface area contributed by atoms with Gasteiger partial charge in [-0.05, 0) is 24.3 Å². The number of hydrogen-bond donors (Lipinski definition) is 1. The Kier molecular flexibility index (Phi) is 3.08. The third kappa shape index (κ3) is 2.01. The topological polar surface area (TPSA) is 56.2 Å². The number of nitrogens with two attached hydrogens (primary N) is 1. The van der Waals surface area contributed by atoms with Crippen LogP contribution in [0.1, 0.15) is 21.9 Å². The Morgan fingerprint density at radius 3 is 2.62 bits per heavy atom. The molecule has 0 atom stereocenters. The average Bonchev–Trinajstić information content (AvgIpc) is 2.77. The molecule has 2 rings (SSSR count). The fourth-order valence-electron chi connectivity index (χ4n) is 1.39. The third-order valence-corrected chi connectivity index (χ3v) is 2.53. The molecule has 0 unspecified atom stereocenters. The van der Waals surface area contributed by atoms with Crippen LogP contribution in [0.3, 0.4) is 0 Å². The van der Waals surface area contributed by atoms with Crippen molar-refractivity contribution in [2.75, 3.05) is 0 Å². The maximum Gasteiger partial charge on any atom is 0.229 e. The summed E-state index contributed by atoms with van der Waals surface area (Å²) in [5.41, 5.74) is 5.83. The van der Waals surface area contributed by atoms with Gasteiger partial charge in [0.1, 0.15) is 5.76 Å². The van der Waals surface area contributed by atoms with E-state index in [4.69, 9.17) is 21.8 Å². The highest BCUT2D eigenvalue weighted by molar-refractivity contribution is 6.34. The Morgan fingerprint density at radius 2 is 2.00 bits per heavy atom. The molecule has 1 aromatic carbocycles. The number of furan rings is 1. The Morgan fingerprint density at radius 1 is 1.25 bits per heavy atom. The van der Waals surface area contributed by atoms with Crippen molar-refractivity contribution in [3.63, 3.8) is 0 Å². The van der Waals surface area contributed by atoms with Crippen LogP contribution in [-0.2, 0) is 6.54 Å². The first-order chi connectivity index (χ1) is 7.72. The highest BCUT2D eigenvalue weighted by Gasteiger charge is 2.15. The SMILES string of the molecule is NCc1ccc(C(=O)c2ccccc2Cl)o1. The second-order valence-corrected chi connectivity index (χ2v) is 3.69. The fourth-order valence-corrected chi connectivity index (χ4v) is 1.61. The van der Waals surface area contributed by atoms with Gasteiger partial charge in [-0.25, -0.2) is 0 Å². The molecular weight excluding hydrogens is 226 g/mol. The van der Waals surface area contributed by atoms with Crippen LogP contribution in [0.5, 0.6) is 0 Å². The van der Waals surface area contributed by atoms with Crippen molar-refractivity contribution in [2.24, 2.45) is 5.73 Å². The molecule has 1 heterocycles. The molecule has 16 heavy (non-hydrogen) atoms. The van der Waals surface area contributed by atoms with Crippen LogP contribution in [0.4, 0.5) is 0 Å². The first-order valence-corrected chi connectivity index (χ1v) is 5.18. The summed E-state index contributed by atoms with van der Waals surface area (Å²) in [6.07, 6.45) is 0. The summed E-state index contributed by atoms with van der Waals surface area (Å²) in [7, 11) is 0. The molecule has 4 heteroatoms. The number of hydrogen-bond acceptors (Lipinski definition) is 3. The summed E-state index contributed by atoms with van der Waals surface area (Å²) in [6.45, 7) is 0.274. The predicted molar refractivity (Wildman–Crippen MR) is 61.5 cm³/mol. The lowest BCUT2D eigenvalue weighted by Crippen LogP contribution is -2.00. The third-order valence-electron chi connectivity index (χ3n) is 2.21. The predicted octanol–water partition coefficient (Wildman–Crippen LogP) is 2.62. The Balaban J connectivity index is 2.35. The van der Waals surface area contributed by atoms with Crippen LogP contribution in [-0.4, -0.2) is 5.78 Å². The lowest BCUT2D eigenvalue weighted by atomic mass is 10.1. The monoisotopic (exact) mass is 235 g/mol. The van der Waals surface area contributed by atoms with Gasteiger partial charge in [0.05, 0.1) is 11.6 Å². The van der Waals surface area contributed by atoms with Gasteiger partial charge in [-0.3, -0.25) is 4.79 Å². The molecule has 0 spiro atoms. The number of benzene rings is 1. The van der Waals surface area contributed by atoms with Crippen LogP contribution in [0.2, 0.25) is 5.02 Å². The van der Waals surface area contributed by atoms with Gasteiger partial charge in [-0.2, -0.15) is 0 Å². The smallest absolute Gasteiger partial charge is 0.229 e. The van der Waals surface area contributed by atoms with Gasteiger partial charge in [-0.15, -0.1) is 0 Å². The van der Waals surface area contributed by atoms with E-state index >= 15 is 0 Å². The van der Waals surface area contributed by atoms with Gasteiger partial charge >= 0.3 is 0 Å². The molecule has 0 aliphatic carbocycles. The molecule has 3 nitrogen and oxygen atoms in total. The number of carbonyl (C=O) groups excluding carboxylic acids is 1. The molecule has 82 valence electrons. The molecule has 0 amide bonds. The van der Waals surface area contributed by atoms with E-state index in [2.05, 4.69) is 0 Å². The van der Waals surface area contributed by atoms with Crippen molar-refractivity contribution < 1.29 is 9.21 Å². The minimum atomic E-state index is -0.231. The molecule has 1 aromatic heterocycles. The number of carbonyl (C=O) groups is 1. The second kappa shape index (κ2) is 4.51. The van der Waals surface area contributed by atoms with Gasteiger partial charge in [0.25, 0.3) is 0 Å². The summed E-state index contributed by atoms with van der Waals surface area (Å²) < 4.78 is 5.27. The summed E-state index contributed by atoms with van der Waals surface area (Å²) >= 11 is 5.92. The molecule has 0 aliphatic rings. The number of rotatable bonds is 3. The van der Waals surface area contributed by atoms with Gasteiger partial charge in [-0.1, -0.05) is 23.7 Å². The summed E-state index contributed by atoms with van der Waals surface area (Å²) in [4.78, 5) is 12.0. The molecule has 0 saturated carbocycles. The molecule has 2 N–H and O–H groups in total. The Hall–Kier alpha value is -1.58. The number of halogens is 1. The van der Waals surface area contributed by atoms with Crippen LogP contribution >= 0.6 is 11.6 Å². The van der Waals surface area contributed by atoms with Crippen LogP contribution in [0, 0.1) is 0 Å². The number of ketones is 1. The fraction of sp³-hybridized carbons (Fsp3) is 0.0833. The lowest BCUT2D eigenvalue weighted by Gasteiger charge is -1.99. The van der Waals surface area contributed by atoms with Gasteiger partial charge in [0.2, 0.25) is 5.78 Å². The molecule has 0 saturated heterocycles. The van der Waals surface area contributed by atoms with E-state index in [1.54, 1.807) is 36.4 Å². The van der Waals surface area contributed by atoms with Crippen LogP contribution < -0.4 is 5.73 Å². The normalized spacial score (nSPS) is 10.4. The van der Waals surface area contributed by atoms with Gasteiger partial charge < -0.3 is 10.2 Å². The van der Waals surface area contributed by atoms with Crippen molar-refractivity contribution in [3.8, 4) is 0 Å². The van der Waals surface area contributed by atoms with E-state index in [0.717, 1.165) is 0 Å². The maximum absolute atomic E-state index is 12.0. The van der Waals surface area contributed by atoms with E-state index in [9.17, 15) is 4.79 Å². The van der Waals surface area contributed by atoms with Crippen molar-refractivity contribution in [2.45, 2.75) is 6.54 Å². The largest absolute Gasteiger partial charge is 0.456 e. The quantitative estimate of drug-likeness (QED) is 0.832. The zero-order valence-corrected chi connectivity index (χ0v) is 9.20. The van der Waals surface area contributed by atoms with Crippen LogP contribution in [0.25, 0.3) is 0 Å². The van der Waals surface area contributed by atoms with Crippen LogP contribution in [0.15, 0.2) is 40.8 Å². The van der Waals surface area contributed by atoms with Crippen molar-refractivity contribution >= 4 is 17.4 Å². The molecule has 0 radical (unpaired) electrons. The van der Waals surface area contributed by atoms with E-state index in [-0.39, 0.29) is 18.1 Å². The van der Waals surface area contributed by atoms with Crippen molar-refractivity contribution in [1.82, 2.24) is 0 Å². The van der Waals surface area contributed by atoms with Crippen molar-refractivity contribution in [3.05, 3.63) is 58.5 Å². The summed E-state index contributed by atoms with van der Waals surface area (Å²) in [5, 5.41) is 0.415. The average molecular weight is 236 g/mol. The zero-order chi connectivity index (χ0) is 11.5. The van der Waals surface area contributed by atoms with Gasteiger partial charge in [0, 0.05) is 5.56 Å². The van der Waals surface area contributed by atoms with E-state index < -0.39 is 0 Å². The first-order valence-electron chi connectivity index (χ1n) is 4.80. The van der Waals surface area contributed by atoms with Gasteiger partial charge in [0.15, 0.2) is 5.76 Å². The van der Waals surface area contributed by atoms with E-state index in [1.165, 1.54) is 0 Å². The highest BCUT2D eigenvalue weighted by Crippen LogP contribution is 2.20. The molecule has 0 bridgehead atoms. The summed E-state index contributed by atoms with van der Waals surface area (Å²) in [6, 6.07) is 10.1.